The molecule has 0 atom stereocenters. The number of rotatable bonds is 2. The standard InChI is InChI=1S/C6H9BF3/c8-7(9,10)5-6-3-1-2-4-6/h1-2,6H,3-5H2/q-1. The van der Waals surface area contributed by atoms with Crippen LogP contribution in [0.5, 0.6) is 0 Å². The zero-order chi connectivity index (χ0) is 7.61. The Morgan fingerprint density at radius 2 is 1.70 bits per heavy atom. The summed E-state index contributed by atoms with van der Waals surface area (Å²) in [6, 6.07) is 0. The Morgan fingerprint density at radius 3 is 2.10 bits per heavy atom. The van der Waals surface area contributed by atoms with E-state index in [1.807, 2.05) is 12.2 Å². The van der Waals surface area contributed by atoms with Crippen molar-refractivity contribution >= 4 is 6.98 Å². The molecule has 0 radical (unpaired) electrons. The Kier molecular flexibility index (Phi) is 2.07. The first-order chi connectivity index (χ1) is 4.58. The lowest BCUT2D eigenvalue weighted by Crippen LogP contribution is -2.18. The molecular weight excluding hydrogens is 140 g/mol. The third-order valence-electron chi connectivity index (χ3n) is 1.71. The van der Waals surface area contributed by atoms with Crippen LogP contribution in [0, 0.1) is 5.92 Å². The number of allylic oxidation sites excluding steroid dienone is 2. The summed E-state index contributed by atoms with van der Waals surface area (Å²) < 4.78 is 35.2. The minimum Gasteiger partial charge on any atom is -0.449 e. The first-order valence-corrected chi connectivity index (χ1v) is 3.44. The van der Waals surface area contributed by atoms with Crippen molar-refractivity contribution in [3.63, 3.8) is 0 Å². The van der Waals surface area contributed by atoms with Crippen molar-refractivity contribution in [3.8, 4) is 0 Å². The second-order valence-electron chi connectivity index (χ2n) is 2.75. The summed E-state index contributed by atoms with van der Waals surface area (Å²) >= 11 is 0. The van der Waals surface area contributed by atoms with Crippen molar-refractivity contribution in [1.82, 2.24) is 0 Å². The van der Waals surface area contributed by atoms with Gasteiger partial charge in [-0.15, -0.1) is 0 Å². The molecule has 0 spiro atoms. The van der Waals surface area contributed by atoms with Gasteiger partial charge in [-0.05, 0) is 12.8 Å². The number of hydrogen-bond acceptors (Lipinski definition) is 0. The molecule has 0 unspecified atom stereocenters. The summed E-state index contributed by atoms with van der Waals surface area (Å²) in [6.45, 7) is -4.55. The first kappa shape index (κ1) is 7.70. The molecule has 0 amide bonds. The molecule has 10 heavy (non-hydrogen) atoms. The molecule has 0 saturated carbocycles. The number of halogens is 3. The van der Waals surface area contributed by atoms with Gasteiger partial charge in [0.15, 0.2) is 0 Å². The van der Waals surface area contributed by atoms with Crippen molar-refractivity contribution in [2.24, 2.45) is 5.92 Å². The molecule has 0 aliphatic heterocycles. The molecule has 0 bridgehead atoms. The molecule has 4 heteroatoms. The van der Waals surface area contributed by atoms with Crippen LogP contribution in [0.4, 0.5) is 12.9 Å². The van der Waals surface area contributed by atoms with Crippen molar-refractivity contribution in [2.75, 3.05) is 0 Å². The molecule has 1 rings (SSSR count). The van der Waals surface area contributed by atoms with Gasteiger partial charge < -0.3 is 12.9 Å². The third kappa shape index (κ3) is 2.46. The maximum Gasteiger partial charge on any atom is 0.478 e. The summed E-state index contributed by atoms with van der Waals surface area (Å²) in [4.78, 5) is 0. The van der Waals surface area contributed by atoms with Crippen LogP contribution in [0.3, 0.4) is 0 Å². The second kappa shape index (κ2) is 2.68. The SMILES string of the molecule is F[B-](F)(F)CC1CC=CC1. The van der Waals surface area contributed by atoms with Crippen molar-refractivity contribution in [1.29, 1.82) is 0 Å². The van der Waals surface area contributed by atoms with E-state index in [0.29, 0.717) is 12.8 Å². The molecule has 58 valence electrons. The summed E-state index contributed by atoms with van der Waals surface area (Å²) in [7, 11) is 0. The van der Waals surface area contributed by atoms with E-state index < -0.39 is 13.3 Å². The van der Waals surface area contributed by atoms with Gasteiger partial charge in [-0.3, -0.25) is 0 Å². The van der Waals surface area contributed by atoms with E-state index in [-0.39, 0.29) is 5.92 Å². The van der Waals surface area contributed by atoms with Gasteiger partial charge >= 0.3 is 6.98 Å². The Labute approximate surface area is 58.2 Å². The number of hydrogen-bond donors (Lipinski definition) is 0. The maximum absolute atomic E-state index is 11.7. The molecule has 0 N–H and O–H groups in total. The van der Waals surface area contributed by atoms with E-state index in [1.165, 1.54) is 0 Å². The third-order valence-corrected chi connectivity index (χ3v) is 1.71. The second-order valence-corrected chi connectivity index (χ2v) is 2.75. The van der Waals surface area contributed by atoms with Crippen molar-refractivity contribution < 1.29 is 12.9 Å². The first-order valence-electron chi connectivity index (χ1n) is 3.44. The fourth-order valence-corrected chi connectivity index (χ4v) is 1.24. The molecule has 0 aromatic heterocycles. The molecular formula is C6H9BF3-. The molecule has 0 saturated heterocycles. The summed E-state index contributed by atoms with van der Waals surface area (Å²) in [5, 5.41) is 0. The van der Waals surface area contributed by atoms with Gasteiger partial charge in [0.05, 0.1) is 0 Å². The van der Waals surface area contributed by atoms with E-state index in [0.717, 1.165) is 0 Å². The van der Waals surface area contributed by atoms with Crippen LogP contribution in [0.2, 0.25) is 6.32 Å². The monoisotopic (exact) mass is 149 g/mol. The van der Waals surface area contributed by atoms with Gasteiger partial charge in [-0.2, -0.15) is 0 Å². The molecule has 0 fully saturated rings. The lowest BCUT2D eigenvalue weighted by molar-refractivity contribution is 0.435. The predicted octanol–water partition coefficient (Wildman–Crippen LogP) is 2.80. The molecule has 1 aliphatic rings. The normalized spacial score (nSPS) is 20.3. The minimum absolute atomic E-state index is 0.153. The van der Waals surface area contributed by atoms with Crippen LogP contribution >= 0.6 is 0 Å². The quantitative estimate of drug-likeness (QED) is 0.418. The van der Waals surface area contributed by atoms with E-state index in [1.54, 1.807) is 0 Å². The lowest BCUT2D eigenvalue weighted by Gasteiger charge is -2.17. The highest BCUT2D eigenvalue weighted by Gasteiger charge is 2.27. The molecule has 1 aliphatic carbocycles. The summed E-state index contributed by atoms with van der Waals surface area (Å²) in [6.07, 6.45) is 4.31. The van der Waals surface area contributed by atoms with Crippen LogP contribution in [-0.4, -0.2) is 6.98 Å². The summed E-state index contributed by atoms with van der Waals surface area (Å²) in [5.41, 5.74) is 0. The minimum atomic E-state index is -4.55. The average molecular weight is 149 g/mol. The zero-order valence-corrected chi connectivity index (χ0v) is 5.56. The lowest BCUT2D eigenvalue weighted by atomic mass is 9.77. The van der Waals surface area contributed by atoms with Crippen LogP contribution < -0.4 is 0 Å². The molecule has 0 aromatic rings. The highest BCUT2D eigenvalue weighted by molar-refractivity contribution is 6.58. The van der Waals surface area contributed by atoms with Crippen molar-refractivity contribution in [2.45, 2.75) is 19.2 Å². The molecule has 0 heterocycles. The Morgan fingerprint density at radius 1 is 1.20 bits per heavy atom. The zero-order valence-electron chi connectivity index (χ0n) is 5.56. The highest BCUT2D eigenvalue weighted by Crippen LogP contribution is 2.29. The van der Waals surface area contributed by atoms with Gasteiger partial charge in [0.25, 0.3) is 0 Å². The van der Waals surface area contributed by atoms with Crippen molar-refractivity contribution in [3.05, 3.63) is 12.2 Å². The van der Waals surface area contributed by atoms with Crippen LogP contribution in [0.25, 0.3) is 0 Å². The van der Waals surface area contributed by atoms with Crippen LogP contribution in [-0.2, 0) is 0 Å². The molecule has 0 aromatic carbocycles. The smallest absolute Gasteiger partial charge is 0.449 e. The maximum atomic E-state index is 11.7. The Balaban J connectivity index is 2.26. The largest absolute Gasteiger partial charge is 0.478 e. The van der Waals surface area contributed by atoms with E-state index in [4.69, 9.17) is 0 Å². The van der Waals surface area contributed by atoms with Gasteiger partial charge in [-0.1, -0.05) is 24.4 Å². The van der Waals surface area contributed by atoms with E-state index >= 15 is 0 Å². The van der Waals surface area contributed by atoms with Gasteiger partial charge in [0, 0.05) is 0 Å². The average Bonchev–Trinajstić information content (AvgIpc) is 2.12. The van der Waals surface area contributed by atoms with Crippen LogP contribution in [0.15, 0.2) is 12.2 Å². The van der Waals surface area contributed by atoms with E-state index in [2.05, 4.69) is 0 Å². The fraction of sp³-hybridized carbons (Fsp3) is 0.667. The summed E-state index contributed by atoms with van der Waals surface area (Å²) in [5.74, 6) is -0.153. The highest BCUT2D eigenvalue weighted by atomic mass is 19.4. The van der Waals surface area contributed by atoms with Gasteiger partial charge in [-0.25, -0.2) is 0 Å². The Bertz CT molecular complexity index is 130. The predicted molar refractivity (Wildman–Crippen MR) is 35.7 cm³/mol. The van der Waals surface area contributed by atoms with Gasteiger partial charge in [0.2, 0.25) is 0 Å². The Hall–Kier alpha value is -0.405. The van der Waals surface area contributed by atoms with Crippen LogP contribution in [0.1, 0.15) is 12.8 Å². The van der Waals surface area contributed by atoms with Gasteiger partial charge in [0.1, 0.15) is 0 Å². The van der Waals surface area contributed by atoms with E-state index in [9.17, 15) is 12.9 Å². The molecule has 0 nitrogen and oxygen atoms in total. The topological polar surface area (TPSA) is 0 Å². The fourth-order valence-electron chi connectivity index (χ4n) is 1.24.